The summed E-state index contributed by atoms with van der Waals surface area (Å²) in [7, 11) is 0. The topological polar surface area (TPSA) is 97.7 Å². The monoisotopic (exact) mass is 489 g/mol. The summed E-state index contributed by atoms with van der Waals surface area (Å²) in [5.41, 5.74) is 2.30. The minimum atomic E-state index is -0.727. The number of hydrogen-bond acceptors (Lipinski definition) is 6. The molecule has 1 aliphatic rings. The van der Waals surface area contributed by atoms with E-state index in [1.807, 2.05) is 6.92 Å². The van der Waals surface area contributed by atoms with Crippen molar-refractivity contribution in [2.24, 2.45) is 10.9 Å². The van der Waals surface area contributed by atoms with Crippen molar-refractivity contribution in [2.75, 3.05) is 11.9 Å². The van der Waals surface area contributed by atoms with Crippen molar-refractivity contribution in [1.29, 1.82) is 0 Å². The summed E-state index contributed by atoms with van der Waals surface area (Å²) in [5, 5.41) is 3.06. The maximum atomic E-state index is 12.5. The molecule has 1 N–H and O–H groups in total. The number of rotatable bonds is 8. The van der Waals surface area contributed by atoms with E-state index in [1.165, 1.54) is 12.4 Å². The van der Waals surface area contributed by atoms with E-state index in [2.05, 4.69) is 15.3 Å². The van der Waals surface area contributed by atoms with E-state index in [-0.39, 0.29) is 33.9 Å². The molecule has 1 heterocycles. The molecule has 0 spiro atoms. The number of nitrogens with zero attached hydrogens (tertiary/aromatic N) is 2. The molecule has 1 unspecified atom stereocenters. The number of benzene rings is 1. The third kappa shape index (κ3) is 6.18. The second-order valence-corrected chi connectivity index (χ2v) is 8.46. The van der Waals surface area contributed by atoms with Gasteiger partial charge >= 0.3 is 5.97 Å². The fraction of sp³-hybridized carbons (Fsp3) is 0.375. The Morgan fingerprint density at radius 2 is 1.82 bits per heavy atom. The molecule has 3 rings (SSSR count). The van der Waals surface area contributed by atoms with Crippen molar-refractivity contribution in [2.45, 2.75) is 45.6 Å². The van der Waals surface area contributed by atoms with Crippen molar-refractivity contribution in [3.8, 4) is 0 Å². The largest absolute Gasteiger partial charge is 0.464 e. The molecule has 1 amide bonds. The van der Waals surface area contributed by atoms with E-state index in [4.69, 9.17) is 27.9 Å². The lowest BCUT2D eigenvalue weighted by Crippen LogP contribution is -2.27. The summed E-state index contributed by atoms with van der Waals surface area (Å²) < 4.78 is 5.21. The van der Waals surface area contributed by atoms with Crippen molar-refractivity contribution < 1.29 is 19.1 Å². The maximum absolute atomic E-state index is 12.5. The summed E-state index contributed by atoms with van der Waals surface area (Å²) in [6.07, 6.45) is 4.74. The van der Waals surface area contributed by atoms with Gasteiger partial charge < -0.3 is 10.1 Å². The number of pyridine rings is 1. The zero-order valence-corrected chi connectivity index (χ0v) is 19.9. The molecule has 9 heteroatoms. The molecule has 1 aromatic carbocycles. The summed E-state index contributed by atoms with van der Waals surface area (Å²) >= 11 is 12.1. The molecular weight excluding hydrogens is 465 g/mol. The van der Waals surface area contributed by atoms with E-state index in [9.17, 15) is 14.4 Å². The first kappa shape index (κ1) is 24.9. The molecule has 33 heavy (non-hydrogen) atoms. The Bertz CT molecular complexity index is 1050. The van der Waals surface area contributed by atoms with Gasteiger partial charge in [0.25, 0.3) is 5.91 Å². The van der Waals surface area contributed by atoms with Gasteiger partial charge in [-0.1, -0.05) is 42.3 Å². The van der Waals surface area contributed by atoms with Gasteiger partial charge in [-0.05, 0) is 37.5 Å². The summed E-state index contributed by atoms with van der Waals surface area (Å²) in [5.74, 6) is -0.911. The third-order valence-corrected chi connectivity index (χ3v) is 6.00. The normalized spacial score (nSPS) is 17.8. The number of anilines is 1. The highest BCUT2D eigenvalue weighted by Gasteiger charge is 2.31. The minimum Gasteiger partial charge on any atom is -0.464 e. The molecule has 0 aliphatic heterocycles. The number of esters is 1. The van der Waals surface area contributed by atoms with Crippen LogP contribution in [0.5, 0.6) is 0 Å². The average Bonchev–Trinajstić information content (AvgIpc) is 3.13. The van der Waals surface area contributed by atoms with Crippen LogP contribution in [0.2, 0.25) is 10.0 Å². The minimum absolute atomic E-state index is 0.146. The van der Waals surface area contributed by atoms with Gasteiger partial charge in [0.15, 0.2) is 6.04 Å². The van der Waals surface area contributed by atoms with Crippen molar-refractivity contribution in [3.05, 3.63) is 57.8 Å². The SMILES string of the molecule is CCOC(=O)[C@H](Cc1ccc(NC(=O)c2c(Cl)cncc2Cl)cc1)N=C1CCC(=O)C1CC. The molecule has 7 nitrogen and oxygen atoms in total. The second kappa shape index (κ2) is 11.4. The predicted molar refractivity (Wildman–Crippen MR) is 128 cm³/mol. The molecule has 0 bridgehead atoms. The molecule has 2 atom stereocenters. The van der Waals surface area contributed by atoms with Gasteiger partial charge in [0.1, 0.15) is 5.78 Å². The van der Waals surface area contributed by atoms with Crippen LogP contribution in [0.3, 0.4) is 0 Å². The number of nitrogens with one attached hydrogen (secondary N) is 1. The van der Waals surface area contributed by atoms with Crippen LogP contribution in [0.1, 0.15) is 49.0 Å². The van der Waals surface area contributed by atoms with Gasteiger partial charge in [-0.15, -0.1) is 0 Å². The Labute approximate surface area is 202 Å². The van der Waals surface area contributed by atoms with Gasteiger partial charge in [0, 0.05) is 36.6 Å². The van der Waals surface area contributed by atoms with Crippen molar-refractivity contribution in [3.63, 3.8) is 0 Å². The quantitative estimate of drug-likeness (QED) is 0.529. The Balaban J connectivity index is 1.74. The number of ether oxygens (including phenoxy) is 1. The van der Waals surface area contributed by atoms with E-state index in [0.717, 1.165) is 11.3 Å². The number of amides is 1. The third-order valence-electron chi connectivity index (χ3n) is 5.43. The number of aromatic nitrogens is 1. The smallest absolute Gasteiger partial charge is 0.331 e. The summed E-state index contributed by atoms with van der Waals surface area (Å²) in [6, 6.07) is 6.32. The predicted octanol–water partition coefficient (Wildman–Crippen LogP) is 4.95. The highest BCUT2D eigenvalue weighted by Crippen LogP contribution is 2.25. The van der Waals surface area contributed by atoms with Crippen LogP contribution >= 0.6 is 23.2 Å². The van der Waals surface area contributed by atoms with Crippen LogP contribution < -0.4 is 5.32 Å². The highest BCUT2D eigenvalue weighted by molar-refractivity contribution is 6.40. The lowest BCUT2D eigenvalue weighted by Gasteiger charge is -2.15. The molecule has 0 saturated heterocycles. The number of hydrogen-bond donors (Lipinski definition) is 1. The Morgan fingerprint density at radius 1 is 1.15 bits per heavy atom. The Kier molecular flexibility index (Phi) is 8.58. The fourth-order valence-corrected chi connectivity index (χ4v) is 4.33. The van der Waals surface area contributed by atoms with Gasteiger partial charge in [-0.2, -0.15) is 0 Å². The lowest BCUT2D eigenvalue weighted by molar-refractivity contribution is -0.144. The van der Waals surface area contributed by atoms with Crippen LogP contribution in [-0.2, 0) is 20.7 Å². The first-order valence-corrected chi connectivity index (χ1v) is 11.5. The molecule has 1 saturated carbocycles. The number of halogens is 2. The number of aliphatic imine (C=N–C) groups is 1. The average molecular weight is 490 g/mol. The molecule has 174 valence electrons. The van der Waals surface area contributed by atoms with E-state index >= 15 is 0 Å². The highest BCUT2D eigenvalue weighted by atomic mass is 35.5. The Hall–Kier alpha value is -2.77. The van der Waals surface area contributed by atoms with Gasteiger partial charge in [-0.3, -0.25) is 19.6 Å². The molecule has 1 aliphatic carbocycles. The second-order valence-electron chi connectivity index (χ2n) is 7.65. The van der Waals surface area contributed by atoms with Crippen LogP contribution in [0.4, 0.5) is 5.69 Å². The molecule has 2 aromatic rings. The van der Waals surface area contributed by atoms with E-state index in [0.29, 0.717) is 31.4 Å². The van der Waals surface area contributed by atoms with E-state index < -0.39 is 17.9 Å². The van der Waals surface area contributed by atoms with Crippen LogP contribution in [-0.4, -0.2) is 41.0 Å². The number of ketones is 1. The summed E-state index contributed by atoms with van der Waals surface area (Å²) in [4.78, 5) is 45.6. The molecule has 1 aromatic heterocycles. The van der Waals surface area contributed by atoms with Gasteiger partial charge in [0.05, 0.1) is 28.1 Å². The first-order chi connectivity index (χ1) is 15.8. The standard InChI is InChI=1S/C24H25Cl2N3O4/c1-3-16-19(9-10-21(16)30)29-20(24(32)33-4-2)11-14-5-7-15(8-6-14)28-23(31)22-17(25)12-27-13-18(22)26/h5-8,12-13,16,20H,3-4,9-11H2,1-2H3,(H,28,31)/t16?,20-/m0/s1. The number of Topliss-reactive ketones (excluding diaryl/α,β-unsaturated/α-hetero) is 1. The van der Waals surface area contributed by atoms with Crippen molar-refractivity contribution >= 4 is 52.3 Å². The van der Waals surface area contributed by atoms with Crippen LogP contribution in [0.15, 0.2) is 41.7 Å². The Morgan fingerprint density at radius 3 is 2.42 bits per heavy atom. The number of carbonyl (C=O) groups is 3. The molecule has 0 radical (unpaired) electrons. The summed E-state index contributed by atoms with van der Waals surface area (Å²) in [6.45, 7) is 3.94. The fourth-order valence-electron chi connectivity index (χ4n) is 3.79. The molecule has 1 fully saturated rings. The van der Waals surface area contributed by atoms with Gasteiger partial charge in [0.2, 0.25) is 0 Å². The zero-order valence-electron chi connectivity index (χ0n) is 18.4. The molecular formula is C24H25Cl2N3O4. The zero-order chi connectivity index (χ0) is 24.0. The van der Waals surface area contributed by atoms with Crippen LogP contribution in [0, 0.1) is 5.92 Å². The van der Waals surface area contributed by atoms with Crippen molar-refractivity contribution in [1.82, 2.24) is 4.98 Å². The van der Waals surface area contributed by atoms with Crippen LogP contribution in [0.25, 0.3) is 0 Å². The first-order valence-electron chi connectivity index (χ1n) is 10.8. The van der Waals surface area contributed by atoms with E-state index in [1.54, 1.807) is 31.2 Å². The maximum Gasteiger partial charge on any atom is 0.331 e. The number of carbonyl (C=O) groups excluding carboxylic acids is 3. The lowest BCUT2D eigenvalue weighted by atomic mass is 10.0. The van der Waals surface area contributed by atoms with Gasteiger partial charge in [-0.25, -0.2) is 4.79 Å².